The molecule has 0 fully saturated rings. The van der Waals surface area contributed by atoms with Crippen LogP contribution in [0.2, 0.25) is 0 Å². The second kappa shape index (κ2) is 4.00. The number of hydrogen-bond donors (Lipinski definition) is 2. The van der Waals surface area contributed by atoms with Crippen molar-refractivity contribution in [1.82, 2.24) is 0 Å². The van der Waals surface area contributed by atoms with Crippen molar-refractivity contribution in [3.8, 4) is 0 Å². The molecule has 5 heteroatoms. The van der Waals surface area contributed by atoms with Gasteiger partial charge in [-0.25, -0.2) is 0 Å². The molecule has 0 bridgehead atoms. The molecule has 0 saturated heterocycles. The summed E-state index contributed by atoms with van der Waals surface area (Å²) in [6.07, 6.45) is 0.432. The number of hydrogen-bond acceptors (Lipinski definition) is 3. The van der Waals surface area contributed by atoms with Gasteiger partial charge in [-0.1, -0.05) is 0 Å². The van der Waals surface area contributed by atoms with E-state index in [1.807, 2.05) is 0 Å². The van der Waals surface area contributed by atoms with Crippen molar-refractivity contribution in [2.75, 3.05) is 0 Å². The summed E-state index contributed by atoms with van der Waals surface area (Å²) in [7, 11) is 0. The minimum absolute atomic E-state index is 0.432. The lowest BCUT2D eigenvalue weighted by molar-refractivity contribution is 0.0814. The van der Waals surface area contributed by atoms with Crippen LogP contribution in [-0.4, -0.2) is 16.6 Å². The molecule has 0 aliphatic rings. The van der Waals surface area contributed by atoms with Gasteiger partial charge in [-0.15, -0.1) is 11.3 Å². The van der Waals surface area contributed by atoms with Crippen LogP contribution in [0.4, 0.5) is 0 Å². The van der Waals surface area contributed by atoms with E-state index in [1.54, 1.807) is 19.2 Å². The van der Waals surface area contributed by atoms with Crippen molar-refractivity contribution in [1.29, 1.82) is 0 Å². The topological polar surface area (TPSA) is 63.3 Å². The average molecular weight is 278 g/mol. The molecular formula is C9H12BrNO2S. The normalized spacial score (nSPS) is 11.7. The molecule has 0 aromatic carbocycles. The highest BCUT2D eigenvalue weighted by molar-refractivity contribution is 9.10. The molecule has 1 aromatic heterocycles. The zero-order valence-corrected chi connectivity index (χ0v) is 10.4. The van der Waals surface area contributed by atoms with Gasteiger partial charge in [0.2, 0.25) is 0 Å². The lowest BCUT2D eigenvalue weighted by atomic mass is 10.0. The fourth-order valence-electron chi connectivity index (χ4n) is 1.15. The van der Waals surface area contributed by atoms with E-state index in [2.05, 4.69) is 15.9 Å². The van der Waals surface area contributed by atoms with Crippen molar-refractivity contribution in [3.05, 3.63) is 20.3 Å². The molecule has 0 unspecified atom stereocenters. The molecule has 1 aromatic rings. The Morgan fingerprint density at radius 1 is 1.71 bits per heavy atom. The van der Waals surface area contributed by atoms with Gasteiger partial charge < -0.3 is 10.8 Å². The van der Waals surface area contributed by atoms with Crippen molar-refractivity contribution in [2.45, 2.75) is 25.9 Å². The number of halogens is 1. The minimum Gasteiger partial charge on any atom is -0.390 e. The van der Waals surface area contributed by atoms with Gasteiger partial charge >= 0.3 is 0 Å². The zero-order valence-electron chi connectivity index (χ0n) is 8.00. The summed E-state index contributed by atoms with van der Waals surface area (Å²) >= 11 is 4.68. The molecule has 0 aliphatic heterocycles. The van der Waals surface area contributed by atoms with E-state index in [9.17, 15) is 9.90 Å². The third kappa shape index (κ3) is 2.80. The molecule has 1 rings (SSSR count). The first-order chi connectivity index (χ1) is 6.31. The molecule has 3 N–H and O–H groups in total. The number of rotatable bonds is 3. The third-order valence-electron chi connectivity index (χ3n) is 1.66. The number of nitrogens with two attached hydrogens (primary N) is 1. The van der Waals surface area contributed by atoms with Crippen LogP contribution in [-0.2, 0) is 6.42 Å². The summed E-state index contributed by atoms with van der Waals surface area (Å²) in [5, 5.41) is 11.4. The summed E-state index contributed by atoms with van der Waals surface area (Å²) < 4.78 is 0.703. The summed E-state index contributed by atoms with van der Waals surface area (Å²) in [4.78, 5) is 11.9. The third-order valence-corrected chi connectivity index (χ3v) is 3.58. The second-order valence-electron chi connectivity index (χ2n) is 3.74. The van der Waals surface area contributed by atoms with Crippen LogP contribution in [0.5, 0.6) is 0 Å². The van der Waals surface area contributed by atoms with E-state index in [0.29, 0.717) is 16.5 Å². The molecule has 0 aliphatic carbocycles. The van der Waals surface area contributed by atoms with Crippen molar-refractivity contribution in [3.63, 3.8) is 0 Å². The summed E-state index contributed by atoms with van der Waals surface area (Å²) in [5.74, 6) is -0.461. The number of primary amides is 1. The average Bonchev–Trinajstić information content (AvgIpc) is 2.27. The Morgan fingerprint density at radius 3 is 2.71 bits per heavy atom. The van der Waals surface area contributed by atoms with Crippen LogP contribution in [0, 0.1) is 0 Å². The minimum atomic E-state index is -0.825. The fraction of sp³-hybridized carbons (Fsp3) is 0.444. The van der Waals surface area contributed by atoms with Gasteiger partial charge in [0.1, 0.15) is 0 Å². The lowest BCUT2D eigenvalue weighted by Gasteiger charge is -2.16. The Hall–Kier alpha value is -0.390. The van der Waals surface area contributed by atoms with Gasteiger partial charge in [0, 0.05) is 21.2 Å². The first kappa shape index (κ1) is 11.7. The molecule has 14 heavy (non-hydrogen) atoms. The summed E-state index contributed by atoms with van der Waals surface area (Å²) in [5.41, 5.74) is 4.89. The monoisotopic (exact) mass is 277 g/mol. The smallest absolute Gasteiger partial charge is 0.250 e. The number of amides is 1. The maximum absolute atomic E-state index is 11.1. The maximum Gasteiger partial charge on any atom is 0.250 e. The van der Waals surface area contributed by atoms with E-state index in [0.717, 1.165) is 4.88 Å². The number of carbonyl (C=O) groups excluding carboxylic acids is 1. The SMILES string of the molecule is CC(C)(O)Cc1scc(Br)c1C(N)=O. The fourth-order valence-corrected chi connectivity index (χ4v) is 3.13. The molecule has 0 saturated carbocycles. The largest absolute Gasteiger partial charge is 0.390 e. The first-order valence-corrected chi connectivity index (χ1v) is 5.76. The van der Waals surface area contributed by atoms with Gasteiger partial charge in [0.25, 0.3) is 5.91 Å². The van der Waals surface area contributed by atoms with E-state index < -0.39 is 11.5 Å². The van der Waals surface area contributed by atoms with Crippen molar-refractivity contribution >= 4 is 33.2 Å². The van der Waals surface area contributed by atoms with E-state index in [-0.39, 0.29) is 0 Å². The van der Waals surface area contributed by atoms with Crippen molar-refractivity contribution < 1.29 is 9.90 Å². The predicted octanol–water partition coefficient (Wildman–Crippen LogP) is 1.92. The number of carbonyl (C=O) groups is 1. The maximum atomic E-state index is 11.1. The molecule has 1 amide bonds. The van der Waals surface area contributed by atoms with Crippen molar-refractivity contribution in [2.24, 2.45) is 5.73 Å². The lowest BCUT2D eigenvalue weighted by Crippen LogP contribution is -2.23. The van der Waals surface area contributed by atoms with Crippen LogP contribution in [0.3, 0.4) is 0 Å². The zero-order chi connectivity index (χ0) is 10.9. The summed E-state index contributed by atoms with van der Waals surface area (Å²) in [6, 6.07) is 0. The van der Waals surface area contributed by atoms with Gasteiger partial charge in [-0.2, -0.15) is 0 Å². The molecule has 0 spiro atoms. The van der Waals surface area contributed by atoms with Gasteiger partial charge in [-0.3, -0.25) is 4.79 Å². The standard InChI is InChI=1S/C9H12BrNO2S/c1-9(2,13)3-6-7(8(11)12)5(10)4-14-6/h4,13H,3H2,1-2H3,(H2,11,12). The predicted molar refractivity (Wildman–Crippen MR) is 60.5 cm³/mol. The second-order valence-corrected chi connectivity index (χ2v) is 5.55. The highest BCUT2D eigenvalue weighted by Crippen LogP contribution is 2.29. The van der Waals surface area contributed by atoms with E-state index in [1.165, 1.54) is 11.3 Å². The Morgan fingerprint density at radius 2 is 2.29 bits per heavy atom. The molecule has 0 radical (unpaired) electrons. The van der Waals surface area contributed by atoms with Crippen LogP contribution >= 0.6 is 27.3 Å². The Balaban J connectivity index is 3.04. The molecular weight excluding hydrogens is 266 g/mol. The molecule has 78 valence electrons. The Labute approximate surface area is 95.1 Å². The van der Waals surface area contributed by atoms with E-state index in [4.69, 9.17) is 5.73 Å². The number of thiophene rings is 1. The summed E-state index contributed by atoms with van der Waals surface area (Å²) in [6.45, 7) is 3.40. The quantitative estimate of drug-likeness (QED) is 0.887. The highest BCUT2D eigenvalue weighted by Gasteiger charge is 2.21. The first-order valence-electron chi connectivity index (χ1n) is 4.09. The Kier molecular flexibility index (Phi) is 3.34. The highest BCUT2D eigenvalue weighted by atomic mass is 79.9. The van der Waals surface area contributed by atoms with E-state index >= 15 is 0 Å². The van der Waals surface area contributed by atoms with Crippen LogP contribution in [0.25, 0.3) is 0 Å². The van der Waals surface area contributed by atoms with Gasteiger partial charge in [0.05, 0.1) is 11.2 Å². The van der Waals surface area contributed by atoms with Gasteiger partial charge in [0.15, 0.2) is 0 Å². The van der Waals surface area contributed by atoms with Crippen LogP contribution < -0.4 is 5.73 Å². The number of aliphatic hydroxyl groups is 1. The van der Waals surface area contributed by atoms with Crippen LogP contribution in [0.1, 0.15) is 29.1 Å². The molecule has 0 atom stereocenters. The Bertz CT molecular complexity index is 354. The van der Waals surface area contributed by atoms with Gasteiger partial charge in [-0.05, 0) is 29.8 Å². The molecule has 3 nitrogen and oxygen atoms in total. The van der Waals surface area contributed by atoms with Crippen LogP contribution in [0.15, 0.2) is 9.85 Å². The molecule has 1 heterocycles.